The Hall–Kier alpha value is -1.11. The van der Waals surface area contributed by atoms with Gasteiger partial charge >= 0.3 is 0 Å². The first kappa shape index (κ1) is 13.3. The Kier molecular flexibility index (Phi) is 4.98. The van der Waals surface area contributed by atoms with Gasteiger partial charge in [-0.3, -0.25) is 4.79 Å². The number of Topliss-reactive ketones (excluding diaryl/α,β-unsaturated/α-hetero) is 1. The first-order chi connectivity index (χ1) is 8.79. The molecule has 0 unspecified atom stereocenters. The molecule has 0 amide bonds. The molecule has 2 rings (SSSR count). The van der Waals surface area contributed by atoms with Gasteiger partial charge in [0.25, 0.3) is 0 Å². The lowest BCUT2D eigenvalue weighted by molar-refractivity contribution is -0.118. The predicted molar refractivity (Wildman–Crippen MR) is 75.9 cm³/mol. The van der Waals surface area contributed by atoms with E-state index in [2.05, 4.69) is 25.1 Å². The smallest absolute Gasteiger partial charge is 0.137 e. The summed E-state index contributed by atoms with van der Waals surface area (Å²) >= 11 is 0. The number of carbonyl (C=O) groups excluding carboxylic acids is 1. The van der Waals surface area contributed by atoms with Crippen LogP contribution in [0.25, 0.3) is 0 Å². The monoisotopic (exact) mass is 244 g/mol. The molecule has 1 heteroatoms. The zero-order valence-corrected chi connectivity index (χ0v) is 11.5. The average Bonchev–Trinajstić information content (AvgIpc) is 2.38. The summed E-state index contributed by atoms with van der Waals surface area (Å²) < 4.78 is 0. The van der Waals surface area contributed by atoms with Crippen LogP contribution in [0.5, 0.6) is 0 Å². The number of unbranched alkanes of at least 4 members (excludes halogenated alkanes) is 4. The fraction of sp³-hybridized carbons (Fsp3) is 0.588. The van der Waals surface area contributed by atoms with E-state index in [-0.39, 0.29) is 0 Å². The van der Waals surface area contributed by atoms with Gasteiger partial charge in [0, 0.05) is 12.8 Å². The highest BCUT2D eigenvalue weighted by molar-refractivity contribution is 5.83. The number of fused-ring (bicyclic) bond motifs is 1. The molecule has 1 aliphatic carbocycles. The molecule has 1 aromatic carbocycles. The molecule has 0 saturated carbocycles. The Morgan fingerprint density at radius 2 is 1.83 bits per heavy atom. The SMILES string of the molecule is CCCCCCCc1ccc2c(c1)CCC(=O)C2. The Labute approximate surface area is 111 Å². The zero-order valence-electron chi connectivity index (χ0n) is 11.5. The third-order valence-electron chi connectivity index (χ3n) is 3.90. The van der Waals surface area contributed by atoms with Crippen molar-refractivity contribution >= 4 is 5.78 Å². The van der Waals surface area contributed by atoms with Crippen LogP contribution >= 0.6 is 0 Å². The predicted octanol–water partition coefficient (Wildman–Crippen LogP) is 4.26. The highest BCUT2D eigenvalue weighted by atomic mass is 16.1. The molecule has 1 aromatic rings. The van der Waals surface area contributed by atoms with Crippen LogP contribution in [-0.4, -0.2) is 5.78 Å². The normalized spacial score (nSPS) is 14.6. The van der Waals surface area contributed by atoms with E-state index in [1.165, 1.54) is 55.2 Å². The molecular formula is C17H24O. The average molecular weight is 244 g/mol. The summed E-state index contributed by atoms with van der Waals surface area (Å²) in [6, 6.07) is 6.73. The van der Waals surface area contributed by atoms with E-state index >= 15 is 0 Å². The lowest BCUT2D eigenvalue weighted by Gasteiger charge is -2.15. The molecule has 18 heavy (non-hydrogen) atoms. The number of hydrogen-bond acceptors (Lipinski definition) is 1. The Balaban J connectivity index is 1.85. The van der Waals surface area contributed by atoms with Crippen molar-refractivity contribution in [3.8, 4) is 0 Å². The van der Waals surface area contributed by atoms with E-state index in [1.54, 1.807) is 0 Å². The number of aryl methyl sites for hydroxylation is 2. The van der Waals surface area contributed by atoms with E-state index in [9.17, 15) is 4.79 Å². The first-order valence-corrected chi connectivity index (χ1v) is 7.42. The van der Waals surface area contributed by atoms with Gasteiger partial charge in [-0.05, 0) is 36.0 Å². The van der Waals surface area contributed by atoms with Gasteiger partial charge in [-0.15, -0.1) is 0 Å². The quantitative estimate of drug-likeness (QED) is 0.683. The summed E-state index contributed by atoms with van der Waals surface area (Å²) in [6.07, 6.45) is 10.3. The van der Waals surface area contributed by atoms with E-state index in [0.29, 0.717) is 12.2 Å². The maximum absolute atomic E-state index is 11.4. The van der Waals surface area contributed by atoms with Crippen molar-refractivity contribution in [2.24, 2.45) is 0 Å². The maximum Gasteiger partial charge on any atom is 0.137 e. The van der Waals surface area contributed by atoms with Crippen LogP contribution in [-0.2, 0) is 24.1 Å². The molecule has 0 aromatic heterocycles. The number of hydrogen-bond donors (Lipinski definition) is 0. The molecule has 0 aliphatic heterocycles. The van der Waals surface area contributed by atoms with Crippen LogP contribution < -0.4 is 0 Å². The van der Waals surface area contributed by atoms with Gasteiger partial charge in [0.2, 0.25) is 0 Å². The van der Waals surface area contributed by atoms with Crippen molar-refractivity contribution in [1.29, 1.82) is 0 Å². The van der Waals surface area contributed by atoms with E-state index < -0.39 is 0 Å². The second-order valence-electron chi connectivity index (χ2n) is 5.48. The Morgan fingerprint density at radius 1 is 1.00 bits per heavy atom. The molecule has 0 radical (unpaired) electrons. The summed E-state index contributed by atoms with van der Waals surface area (Å²) in [4.78, 5) is 11.4. The molecule has 0 atom stereocenters. The summed E-state index contributed by atoms with van der Waals surface area (Å²) in [7, 11) is 0. The third kappa shape index (κ3) is 3.69. The summed E-state index contributed by atoms with van der Waals surface area (Å²) in [5, 5.41) is 0. The summed E-state index contributed by atoms with van der Waals surface area (Å²) in [5.41, 5.74) is 4.14. The third-order valence-corrected chi connectivity index (χ3v) is 3.90. The standard InChI is InChI=1S/C17H24O/c1-2-3-4-5-6-7-14-8-9-16-13-17(18)11-10-15(16)12-14/h8-9,12H,2-7,10-11,13H2,1H3. The molecule has 1 aliphatic rings. The fourth-order valence-corrected chi connectivity index (χ4v) is 2.75. The maximum atomic E-state index is 11.4. The molecule has 0 bridgehead atoms. The molecule has 0 fully saturated rings. The van der Waals surface area contributed by atoms with Crippen LogP contribution in [0, 0.1) is 0 Å². The van der Waals surface area contributed by atoms with E-state index in [1.807, 2.05) is 0 Å². The van der Waals surface area contributed by atoms with Crippen molar-refractivity contribution in [1.82, 2.24) is 0 Å². The van der Waals surface area contributed by atoms with Gasteiger partial charge in [0.1, 0.15) is 5.78 Å². The van der Waals surface area contributed by atoms with Gasteiger partial charge in [0.05, 0.1) is 0 Å². The lowest BCUT2D eigenvalue weighted by Crippen LogP contribution is -2.13. The van der Waals surface area contributed by atoms with Crippen molar-refractivity contribution < 1.29 is 4.79 Å². The fourth-order valence-electron chi connectivity index (χ4n) is 2.75. The second kappa shape index (κ2) is 6.72. The highest BCUT2D eigenvalue weighted by Crippen LogP contribution is 2.21. The van der Waals surface area contributed by atoms with Crippen molar-refractivity contribution in [3.05, 3.63) is 34.9 Å². The van der Waals surface area contributed by atoms with Gasteiger partial charge < -0.3 is 0 Å². The molecular weight excluding hydrogens is 220 g/mol. The molecule has 98 valence electrons. The van der Waals surface area contributed by atoms with Crippen LogP contribution in [0.4, 0.5) is 0 Å². The Bertz CT molecular complexity index is 406. The minimum absolute atomic E-state index is 0.398. The largest absolute Gasteiger partial charge is 0.299 e. The number of carbonyl (C=O) groups is 1. The van der Waals surface area contributed by atoms with E-state index in [0.717, 1.165) is 12.8 Å². The van der Waals surface area contributed by atoms with Crippen molar-refractivity contribution in [2.75, 3.05) is 0 Å². The number of rotatable bonds is 6. The number of ketones is 1. The summed E-state index contributed by atoms with van der Waals surface area (Å²) in [5.74, 6) is 0.398. The van der Waals surface area contributed by atoms with Gasteiger partial charge in [-0.1, -0.05) is 50.8 Å². The lowest BCUT2D eigenvalue weighted by atomic mass is 9.89. The molecule has 1 nitrogen and oxygen atoms in total. The van der Waals surface area contributed by atoms with Gasteiger partial charge in [-0.25, -0.2) is 0 Å². The van der Waals surface area contributed by atoms with Gasteiger partial charge in [-0.2, -0.15) is 0 Å². The molecule has 0 saturated heterocycles. The van der Waals surface area contributed by atoms with E-state index in [4.69, 9.17) is 0 Å². The Morgan fingerprint density at radius 3 is 2.67 bits per heavy atom. The van der Waals surface area contributed by atoms with Crippen LogP contribution in [0.2, 0.25) is 0 Å². The number of benzene rings is 1. The topological polar surface area (TPSA) is 17.1 Å². The van der Waals surface area contributed by atoms with Crippen LogP contribution in [0.15, 0.2) is 18.2 Å². The van der Waals surface area contributed by atoms with Gasteiger partial charge in [0.15, 0.2) is 0 Å². The van der Waals surface area contributed by atoms with Crippen molar-refractivity contribution in [3.63, 3.8) is 0 Å². The minimum atomic E-state index is 0.398. The highest BCUT2D eigenvalue weighted by Gasteiger charge is 2.15. The minimum Gasteiger partial charge on any atom is -0.299 e. The van der Waals surface area contributed by atoms with Crippen molar-refractivity contribution in [2.45, 2.75) is 64.7 Å². The van der Waals surface area contributed by atoms with Crippen LogP contribution in [0.3, 0.4) is 0 Å². The second-order valence-corrected chi connectivity index (χ2v) is 5.48. The molecule has 0 N–H and O–H groups in total. The molecule has 0 heterocycles. The van der Waals surface area contributed by atoms with Crippen LogP contribution in [0.1, 0.15) is 62.1 Å². The summed E-state index contributed by atoms with van der Waals surface area (Å²) in [6.45, 7) is 2.25. The zero-order chi connectivity index (χ0) is 12.8. The molecule has 0 spiro atoms. The first-order valence-electron chi connectivity index (χ1n) is 7.42.